The van der Waals surface area contributed by atoms with Gasteiger partial charge in [-0.25, -0.2) is 0 Å². The van der Waals surface area contributed by atoms with Crippen molar-refractivity contribution in [1.82, 2.24) is 0 Å². The molecule has 1 aliphatic carbocycles. The van der Waals surface area contributed by atoms with Crippen molar-refractivity contribution < 1.29 is 0 Å². The molecule has 0 amide bonds. The Kier molecular flexibility index (Phi) is 2.83. The molecule has 0 aliphatic heterocycles. The third kappa shape index (κ3) is 2.13. The molecule has 0 aromatic rings. The molecule has 0 N–H and O–H groups in total. The standard InChI is InChI=1S/C10H16S/c1-7(2)11-10-8(3)5-6-9(10)4/h8H,1,5-6H2,2-4H3. The highest BCUT2D eigenvalue weighted by molar-refractivity contribution is 8.06. The van der Waals surface area contributed by atoms with Crippen molar-refractivity contribution in [2.75, 3.05) is 0 Å². The Bertz CT molecular complexity index is 201. The van der Waals surface area contributed by atoms with Crippen molar-refractivity contribution in [3.05, 3.63) is 22.0 Å². The third-order valence-corrected chi connectivity index (χ3v) is 3.42. The maximum Gasteiger partial charge on any atom is -0.00883 e. The van der Waals surface area contributed by atoms with Gasteiger partial charge < -0.3 is 0 Å². The first-order valence-corrected chi connectivity index (χ1v) is 4.96. The average Bonchev–Trinajstić information content (AvgIpc) is 2.18. The first kappa shape index (κ1) is 8.92. The minimum atomic E-state index is 0.775. The summed E-state index contributed by atoms with van der Waals surface area (Å²) < 4.78 is 0. The smallest absolute Gasteiger partial charge is 0.00883 e. The lowest BCUT2D eigenvalue weighted by Gasteiger charge is -2.08. The van der Waals surface area contributed by atoms with Gasteiger partial charge in [-0.15, -0.1) is 0 Å². The van der Waals surface area contributed by atoms with Gasteiger partial charge in [0.15, 0.2) is 0 Å². The molecule has 0 radical (unpaired) electrons. The lowest BCUT2D eigenvalue weighted by Crippen LogP contribution is -1.88. The molecule has 0 saturated heterocycles. The lowest BCUT2D eigenvalue weighted by atomic mass is 10.2. The fourth-order valence-corrected chi connectivity index (χ4v) is 2.45. The summed E-state index contributed by atoms with van der Waals surface area (Å²) in [4.78, 5) is 2.78. The van der Waals surface area contributed by atoms with Crippen LogP contribution in [0.15, 0.2) is 22.0 Å². The van der Waals surface area contributed by atoms with E-state index in [0.29, 0.717) is 0 Å². The first-order chi connectivity index (χ1) is 5.11. The summed E-state index contributed by atoms with van der Waals surface area (Å²) in [5.74, 6) is 0.775. The van der Waals surface area contributed by atoms with E-state index in [0.717, 1.165) is 5.92 Å². The maximum atomic E-state index is 3.92. The molecular weight excluding hydrogens is 152 g/mol. The van der Waals surface area contributed by atoms with Gasteiger partial charge in [0.2, 0.25) is 0 Å². The van der Waals surface area contributed by atoms with Crippen molar-refractivity contribution in [2.24, 2.45) is 5.92 Å². The highest BCUT2D eigenvalue weighted by Crippen LogP contribution is 2.41. The summed E-state index contributed by atoms with van der Waals surface area (Å²) in [6, 6.07) is 0. The summed E-state index contributed by atoms with van der Waals surface area (Å²) in [5.41, 5.74) is 1.57. The fourth-order valence-electron chi connectivity index (χ4n) is 1.48. The highest BCUT2D eigenvalue weighted by Gasteiger charge is 2.19. The molecule has 62 valence electrons. The fraction of sp³-hybridized carbons (Fsp3) is 0.600. The van der Waals surface area contributed by atoms with Gasteiger partial charge in [-0.3, -0.25) is 0 Å². The summed E-state index contributed by atoms with van der Waals surface area (Å²) in [5, 5.41) is 0. The number of thioether (sulfide) groups is 1. The molecule has 1 unspecified atom stereocenters. The molecule has 0 spiro atoms. The second-order valence-electron chi connectivity index (χ2n) is 3.39. The Labute approximate surface area is 73.8 Å². The van der Waals surface area contributed by atoms with Crippen molar-refractivity contribution in [1.29, 1.82) is 0 Å². The molecule has 1 atom stereocenters. The topological polar surface area (TPSA) is 0 Å². The molecule has 0 heterocycles. The zero-order chi connectivity index (χ0) is 8.43. The van der Waals surface area contributed by atoms with Gasteiger partial charge in [0.25, 0.3) is 0 Å². The lowest BCUT2D eigenvalue weighted by molar-refractivity contribution is 0.691. The molecule has 0 bridgehead atoms. The number of hydrogen-bond donors (Lipinski definition) is 0. The number of rotatable bonds is 2. The van der Waals surface area contributed by atoms with E-state index in [2.05, 4.69) is 27.4 Å². The quantitative estimate of drug-likeness (QED) is 0.601. The first-order valence-electron chi connectivity index (χ1n) is 4.14. The minimum Gasteiger partial charge on any atom is -0.0997 e. The zero-order valence-corrected chi connectivity index (χ0v) is 8.42. The van der Waals surface area contributed by atoms with Gasteiger partial charge >= 0.3 is 0 Å². The van der Waals surface area contributed by atoms with Gasteiger partial charge in [0.1, 0.15) is 0 Å². The van der Waals surface area contributed by atoms with Crippen molar-refractivity contribution in [3.63, 3.8) is 0 Å². The minimum absolute atomic E-state index is 0.775. The molecule has 1 aliphatic rings. The van der Waals surface area contributed by atoms with Crippen LogP contribution in [0.2, 0.25) is 0 Å². The molecule has 0 nitrogen and oxygen atoms in total. The van der Waals surface area contributed by atoms with Crippen LogP contribution < -0.4 is 0 Å². The highest BCUT2D eigenvalue weighted by atomic mass is 32.2. The summed E-state index contributed by atoms with van der Waals surface area (Å²) in [6.07, 6.45) is 2.62. The number of hydrogen-bond acceptors (Lipinski definition) is 1. The van der Waals surface area contributed by atoms with Crippen LogP contribution in [0, 0.1) is 5.92 Å². The molecule has 1 heteroatoms. The van der Waals surface area contributed by atoms with Gasteiger partial charge in [0, 0.05) is 0 Å². The van der Waals surface area contributed by atoms with E-state index in [9.17, 15) is 0 Å². The SMILES string of the molecule is C=C(C)SC1=C(C)CCC1C. The molecule has 0 saturated carbocycles. The molecule has 0 fully saturated rings. The van der Waals surface area contributed by atoms with Crippen LogP contribution in [0.4, 0.5) is 0 Å². The Balaban J connectivity index is 2.67. The molecule has 11 heavy (non-hydrogen) atoms. The van der Waals surface area contributed by atoms with E-state index in [1.54, 1.807) is 10.5 Å². The van der Waals surface area contributed by atoms with Crippen molar-refractivity contribution in [3.8, 4) is 0 Å². The summed E-state index contributed by atoms with van der Waals surface area (Å²) in [7, 11) is 0. The Morgan fingerprint density at radius 3 is 2.64 bits per heavy atom. The average molecular weight is 168 g/mol. The van der Waals surface area contributed by atoms with E-state index in [4.69, 9.17) is 0 Å². The predicted molar refractivity (Wildman–Crippen MR) is 53.5 cm³/mol. The maximum absolute atomic E-state index is 3.92. The zero-order valence-electron chi connectivity index (χ0n) is 7.61. The summed E-state index contributed by atoms with van der Waals surface area (Å²) >= 11 is 1.86. The van der Waals surface area contributed by atoms with E-state index in [1.807, 2.05) is 11.8 Å². The van der Waals surface area contributed by atoms with Crippen LogP contribution in [0.25, 0.3) is 0 Å². The summed E-state index contributed by atoms with van der Waals surface area (Å²) in [6.45, 7) is 10.5. The normalized spacial score (nSPS) is 24.5. The molecule has 0 aromatic carbocycles. The second-order valence-corrected chi connectivity index (χ2v) is 4.73. The Morgan fingerprint density at radius 1 is 1.64 bits per heavy atom. The molecule has 1 rings (SSSR count). The molecular formula is C10H16S. The van der Waals surface area contributed by atoms with Gasteiger partial charge in [0.05, 0.1) is 0 Å². The van der Waals surface area contributed by atoms with Crippen LogP contribution in [0.5, 0.6) is 0 Å². The predicted octanol–water partition coefficient (Wildman–Crippen LogP) is 3.96. The van der Waals surface area contributed by atoms with Crippen LogP contribution in [0.1, 0.15) is 33.6 Å². The van der Waals surface area contributed by atoms with E-state index in [1.165, 1.54) is 17.7 Å². The van der Waals surface area contributed by atoms with Crippen molar-refractivity contribution >= 4 is 11.8 Å². The largest absolute Gasteiger partial charge is 0.0997 e. The second kappa shape index (κ2) is 3.48. The number of allylic oxidation sites excluding steroid dienone is 3. The monoisotopic (exact) mass is 168 g/mol. The van der Waals surface area contributed by atoms with Crippen LogP contribution in [-0.4, -0.2) is 0 Å². The van der Waals surface area contributed by atoms with Crippen LogP contribution in [-0.2, 0) is 0 Å². The third-order valence-electron chi connectivity index (χ3n) is 2.10. The Morgan fingerprint density at radius 2 is 2.27 bits per heavy atom. The van der Waals surface area contributed by atoms with E-state index < -0.39 is 0 Å². The van der Waals surface area contributed by atoms with Gasteiger partial charge in [-0.2, -0.15) is 0 Å². The Hall–Kier alpha value is -0.170. The van der Waals surface area contributed by atoms with Gasteiger partial charge in [-0.05, 0) is 42.4 Å². The molecule has 0 aromatic heterocycles. The van der Waals surface area contributed by atoms with Crippen molar-refractivity contribution in [2.45, 2.75) is 33.6 Å². The van der Waals surface area contributed by atoms with Gasteiger partial charge in [-0.1, -0.05) is 30.8 Å². The van der Waals surface area contributed by atoms with Crippen LogP contribution in [0.3, 0.4) is 0 Å². The van der Waals surface area contributed by atoms with E-state index >= 15 is 0 Å². The van der Waals surface area contributed by atoms with E-state index in [-0.39, 0.29) is 0 Å². The van der Waals surface area contributed by atoms with Crippen LogP contribution >= 0.6 is 11.8 Å².